The molecule has 2 rings (SSSR count). The van der Waals surface area contributed by atoms with Crippen LogP contribution in [0.5, 0.6) is 0 Å². The van der Waals surface area contributed by atoms with E-state index in [1.54, 1.807) is 0 Å². The van der Waals surface area contributed by atoms with E-state index in [2.05, 4.69) is 10.3 Å². The van der Waals surface area contributed by atoms with Crippen molar-refractivity contribution >= 4 is 17.5 Å². The molecular weight excluding hydrogens is 266 g/mol. The van der Waals surface area contributed by atoms with Crippen molar-refractivity contribution in [1.82, 2.24) is 4.98 Å². The van der Waals surface area contributed by atoms with Gasteiger partial charge in [0.25, 0.3) is 0 Å². The number of hydrogen-bond donors (Lipinski definition) is 2. The summed E-state index contributed by atoms with van der Waals surface area (Å²) in [5.41, 5.74) is -1.14. The average Bonchev–Trinajstić information content (AvgIpc) is 2.46. The SMILES string of the molecule is O=C(O)C1(CNc2ncccc2[N+](=O)[O-])CCOCC1. The average molecular weight is 281 g/mol. The fraction of sp³-hybridized carbons (Fsp3) is 0.500. The normalized spacial score (nSPS) is 17.4. The van der Waals surface area contributed by atoms with Gasteiger partial charge in [-0.1, -0.05) is 0 Å². The molecule has 1 aliphatic heterocycles. The van der Waals surface area contributed by atoms with E-state index in [4.69, 9.17) is 4.74 Å². The van der Waals surface area contributed by atoms with E-state index in [0.29, 0.717) is 26.1 Å². The van der Waals surface area contributed by atoms with Crippen LogP contribution >= 0.6 is 0 Å². The second-order valence-electron chi connectivity index (χ2n) is 4.68. The van der Waals surface area contributed by atoms with Gasteiger partial charge in [-0.2, -0.15) is 0 Å². The Kier molecular flexibility index (Phi) is 4.14. The van der Waals surface area contributed by atoms with Crippen molar-refractivity contribution < 1.29 is 19.6 Å². The third kappa shape index (κ3) is 2.85. The first-order valence-corrected chi connectivity index (χ1v) is 6.20. The lowest BCUT2D eigenvalue weighted by Gasteiger charge is -2.33. The van der Waals surface area contributed by atoms with Gasteiger partial charge >= 0.3 is 11.7 Å². The van der Waals surface area contributed by atoms with E-state index >= 15 is 0 Å². The second kappa shape index (κ2) is 5.83. The zero-order chi connectivity index (χ0) is 14.6. The Morgan fingerprint density at radius 1 is 1.55 bits per heavy atom. The Hall–Kier alpha value is -2.22. The first-order valence-electron chi connectivity index (χ1n) is 6.20. The summed E-state index contributed by atoms with van der Waals surface area (Å²) in [7, 11) is 0. The molecule has 1 aliphatic rings. The summed E-state index contributed by atoms with van der Waals surface area (Å²) in [4.78, 5) is 25.7. The number of nitrogens with zero attached hydrogens (tertiary/aromatic N) is 2. The Labute approximate surface area is 114 Å². The minimum atomic E-state index is -0.969. The number of nitro groups is 1. The molecule has 0 amide bonds. The molecule has 0 saturated carbocycles. The van der Waals surface area contributed by atoms with Gasteiger partial charge in [-0.3, -0.25) is 14.9 Å². The maximum absolute atomic E-state index is 11.5. The first kappa shape index (κ1) is 14.2. The van der Waals surface area contributed by atoms with Crippen molar-refractivity contribution in [2.45, 2.75) is 12.8 Å². The summed E-state index contributed by atoms with van der Waals surface area (Å²) in [6, 6.07) is 2.79. The molecule has 0 aliphatic carbocycles. The van der Waals surface area contributed by atoms with E-state index < -0.39 is 16.3 Å². The Morgan fingerprint density at radius 3 is 2.85 bits per heavy atom. The van der Waals surface area contributed by atoms with Gasteiger partial charge in [-0.05, 0) is 18.9 Å². The highest BCUT2D eigenvalue weighted by Gasteiger charge is 2.40. The number of nitrogens with one attached hydrogen (secondary N) is 1. The molecule has 8 heteroatoms. The molecule has 1 aromatic rings. The van der Waals surface area contributed by atoms with E-state index in [9.17, 15) is 20.0 Å². The van der Waals surface area contributed by atoms with Crippen LogP contribution < -0.4 is 5.32 Å². The number of pyridine rings is 1. The molecule has 0 aromatic carbocycles. The number of aliphatic carboxylic acids is 1. The summed E-state index contributed by atoms with van der Waals surface area (Å²) in [6.07, 6.45) is 2.17. The summed E-state index contributed by atoms with van der Waals surface area (Å²) < 4.78 is 5.17. The summed E-state index contributed by atoms with van der Waals surface area (Å²) in [5.74, 6) is -0.837. The number of carboxylic acids is 1. The summed E-state index contributed by atoms with van der Waals surface area (Å²) in [6.45, 7) is 0.833. The maximum Gasteiger partial charge on any atom is 0.311 e. The van der Waals surface area contributed by atoms with Gasteiger partial charge in [0.05, 0.1) is 10.3 Å². The molecule has 0 atom stereocenters. The lowest BCUT2D eigenvalue weighted by molar-refractivity contribution is -0.384. The summed E-state index contributed by atoms with van der Waals surface area (Å²) in [5, 5.41) is 23.1. The van der Waals surface area contributed by atoms with E-state index in [1.165, 1.54) is 18.3 Å². The van der Waals surface area contributed by atoms with E-state index in [-0.39, 0.29) is 18.1 Å². The fourth-order valence-corrected chi connectivity index (χ4v) is 2.16. The lowest BCUT2D eigenvalue weighted by Crippen LogP contribution is -2.42. The minimum Gasteiger partial charge on any atom is -0.481 e. The standard InChI is InChI=1S/C12H15N3O5/c16-11(17)12(3-6-20-7-4-12)8-14-10-9(15(18)19)2-1-5-13-10/h1-2,5H,3-4,6-8H2,(H,13,14)(H,16,17). The fourth-order valence-electron chi connectivity index (χ4n) is 2.16. The quantitative estimate of drug-likeness (QED) is 0.617. The number of rotatable bonds is 5. The Morgan fingerprint density at radius 2 is 2.25 bits per heavy atom. The number of carboxylic acid groups (broad SMARTS) is 1. The predicted octanol–water partition coefficient (Wildman–Crippen LogP) is 1.28. The number of ether oxygens (including phenoxy) is 1. The molecule has 108 valence electrons. The van der Waals surface area contributed by atoms with E-state index in [1.807, 2.05) is 0 Å². The van der Waals surface area contributed by atoms with Gasteiger partial charge in [-0.25, -0.2) is 4.98 Å². The van der Waals surface area contributed by atoms with Crippen LogP contribution in [0.4, 0.5) is 11.5 Å². The van der Waals surface area contributed by atoms with Crippen LogP contribution in [0, 0.1) is 15.5 Å². The highest BCUT2D eigenvalue weighted by atomic mass is 16.6. The topological polar surface area (TPSA) is 115 Å². The van der Waals surface area contributed by atoms with Gasteiger partial charge < -0.3 is 15.2 Å². The number of aromatic nitrogens is 1. The Bertz CT molecular complexity index is 514. The molecule has 0 radical (unpaired) electrons. The molecule has 0 bridgehead atoms. The van der Waals surface area contributed by atoms with Gasteiger partial charge in [0.2, 0.25) is 5.82 Å². The molecule has 0 spiro atoms. The van der Waals surface area contributed by atoms with Crippen LogP contribution in [0.2, 0.25) is 0 Å². The zero-order valence-electron chi connectivity index (χ0n) is 10.7. The van der Waals surface area contributed by atoms with Crippen molar-refractivity contribution in [1.29, 1.82) is 0 Å². The molecule has 0 unspecified atom stereocenters. The van der Waals surface area contributed by atoms with E-state index in [0.717, 1.165) is 0 Å². The highest BCUT2D eigenvalue weighted by molar-refractivity contribution is 5.76. The third-order valence-electron chi connectivity index (χ3n) is 3.48. The highest BCUT2D eigenvalue weighted by Crippen LogP contribution is 2.32. The van der Waals surface area contributed by atoms with Gasteiger partial charge in [-0.15, -0.1) is 0 Å². The molecular formula is C12H15N3O5. The van der Waals surface area contributed by atoms with Crippen molar-refractivity contribution in [3.8, 4) is 0 Å². The molecule has 1 fully saturated rings. The van der Waals surface area contributed by atoms with Crippen LogP contribution in [0.25, 0.3) is 0 Å². The van der Waals surface area contributed by atoms with Crippen molar-refractivity contribution in [3.05, 3.63) is 28.4 Å². The van der Waals surface area contributed by atoms with Gasteiger partial charge in [0, 0.05) is 32.0 Å². The van der Waals surface area contributed by atoms with Gasteiger partial charge in [0.15, 0.2) is 0 Å². The molecule has 1 aromatic heterocycles. The first-order chi connectivity index (χ1) is 9.55. The van der Waals surface area contributed by atoms with Gasteiger partial charge in [0.1, 0.15) is 0 Å². The molecule has 20 heavy (non-hydrogen) atoms. The number of hydrogen-bond acceptors (Lipinski definition) is 6. The van der Waals surface area contributed by atoms with Crippen molar-refractivity contribution in [2.24, 2.45) is 5.41 Å². The molecule has 8 nitrogen and oxygen atoms in total. The molecule has 1 saturated heterocycles. The second-order valence-corrected chi connectivity index (χ2v) is 4.68. The van der Waals surface area contributed by atoms with Crippen LogP contribution in [-0.4, -0.2) is 40.7 Å². The van der Waals surface area contributed by atoms with Crippen LogP contribution in [0.3, 0.4) is 0 Å². The van der Waals surface area contributed by atoms with Crippen molar-refractivity contribution in [2.75, 3.05) is 25.1 Å². The predicted molar refractivity (Wildman–Crippen MR) is 69.5 cm³/mol. The van der Waals surface area contributed by atoms with Crippen LogP contribution in [0.1, 0.15) is 12.8 Å². The van der Waals surface area contributed by atoms with Crippen LogP contribution in [-0.2, 0) is 9.53 Å². The maximum atomic E-state index is 11.5. The molecule has 2 N–H and O–H groups in total. The minimum absolute atomic E-state index is 0.0869. The third-order valence-corrected chi connectivity index (χ3v) is 3.48. The number of anilines is 1. The lowest BCUT2D eigenvalue weighted by atomic mass is 9.80. The zero-order valence-corrected chi connectivity index (χ0v) is 10.7. The Balaban J connectivity index is 2.14. The van der Waals surface area contributed by atoms with Crippen LogP contribution in [0.15, 0.2) is 18.3 Å². The summed E-state index contributed by atoms with van der Waals surface area (Å²) >= 11 is 0. The monoisotopic (exact) mass is 281 g/mol. The van der Waals surface area contributed by atoms with Crippen molar-refractivity contribution in [3.63, 3.8) is 0 Å². The number of carbonyl (C=O) groups is 1. The smallest absolute Gasteiger partial charge is 0.311 e. The largest absolute Gasteiger partial charge is 0.481 e. The molecule has 2 heterocycles.